The number of nitrogens with two attached hydrogens (primary N) is 1. The number of ketones is 1. The Morgan fingerprint density at radius 1 is 1.22 bits per heavy atom. The first kappa shape index (κ1) is 17.5. The van der Waals surface area contributed by atoms with Gasteiger partial charge in [-0.1, -0.05) is 6.42 Å². The number of nitrogens with one attached hydrogen (secondary N) is 1. The molecule has 2 atom stereocenters. The summed E-state index contributed by atoms with van der Waals surface area (Å²) in [6, 6.07) is 7.22. The standard InChI is InChI=1S/C18H26N2O3/c1-2-23-15-8-6-13(7-9-15)17(21)10-11-18(22)20-16-5-3-4-14(16)12-19/h6-9,14,16H,2-5,10-12,19H2,1H3,(H,20,22). The number of carbonyl (C=O) groups excluding carboxylic acids is 2. The van der Waals surface area contributed by atoms with Gasteiger partial charge in [0.1, 0.15) is 5.75 Å². The molecule has 0 bridgehead atoms. The van der Waals surface area contributed by atoms with Crippen LogP contribution in [0.4, 0.5) is 0 Å². The molecule has 1 fully saturated rings. The van der Waals surface area contributed by atoms with Crippen LogP contribution in [0.5, 0.6) is 5.75 Å². The highest BCUT2D eigenvalue weighted by atomic mass is 16.5. The molecule has 1 aliphatic rings. The Bertz CT molecular complexity index is 528. The lowest BCUT2D eigenvalue weighted by atomic mass is 10.0. The molecule has 126 valence electrons. The van der Waals surface area contributed by atoms with E-state index in [9.17, 15) is 9.59 Å². The molecule has 0 saturated heterocycles. The highest BCUT2D eigenvalue weighted by Crippen LogP contribution is 2.24. The molecule has 0 radical (unpaired) electrons. The Morgan fingerprint density at radius 2 is 1.96 bits per heavy atom. The van der Waals surface area contributed by atoms with Gasteiger partial charge in [0.2, 0.25) is 5.91 Å². The topological polar surface area (TPSA) is 81.4 Å². The first-order valence-electron chi connectivity index (χ1n) is 8.39. The van der Waals surface area contributed by atoms with Crippen molar-refractivity contribution in [3.63, 3.8) is 0 Å². The van der Waals surface area contributed by atoms with Gasteiger partial charge in [0.25, 0.3) is 0 Å². The van der Waals surface area contributed by atoms with Gasteiger partial charge in [0.05, 0.1) is 6.61 Å². The second kappa shape index (κ2) is 8.67. The second-order valence-corrected chi connectivity index (χ2v) is 5.98. The molecule has 5 heteroatoms. The smallest absolute Gasteiger partial charge is 0.220 e. The summed E-state index contributed by atoms with van der Waals surface area (Å²) in [7, 11) is 0. The lowest BCUT2D eigenvalue weighted by molar-refractivity contribution is -0.122. The van der Waals surface area contributed by atoms with Gasteiger partial charge in [0.15, 0.2) is 5.78 Å². The van der Waals surface area contributed by atoms with Crippen LogP contribution in [0.2, 0.25) is 0 Å². The van der Waals surface area contributed by atoms with Crippen molar-refractivity contribution >= 4 is 11.7 Å². The van der Waals surface area contributed by atoms with Crippen LogP contribution in [-0.2, 0) is 4.79 Å². The zero-order chi connectivity index (χ0) is 16.7. The third kappa shape index (κ3) is 5.06. The van der Waals surface area contributed by atoms with E-state index in [1.165, 1.54) is 0 Å². The van der Waals surface area contributed by atoms with Gasteiger partial charge in [-0.2, -0.15) is 0 Å². The number of Topliss-reactive ketones (excluding diaryl/α,β-unsaturated/α-hetero) is 1. The molecule has 0 aliphatic heterocycles. The molecule has 5 nitrogen and oxygen atoms in total. The zero-order valence-electron chi connectivity index (χ0n) is 13.7. The van der Waals surface area contributed by atoms with E-state index in [1.54, 1.807) is 24.3 Å². The molecule has 1 saturated carbocycles. The van der Waals surface area contributed by atoms with Crippen molar-refractivity contribution < 1.29 is 14.3 Å². The molecule has 1 aromatic rings. The second-order valence-electron chi connectivity index (χ2n) is 5.98. The summed E-state index contributed by atoms with van der Waals surface area (Å²) in [5.74, 6) is 1.04. The SMILES string of the molecule is CCOc1ccc(C(=O)CCC(=O)NC2CCCC2CN)cc1. The molecule has 2 unspecified atom stereocenters. The summed E-state index contributed by atoms with van der Waals surface area (Å²) in [6.07, 6.45) is 3.62. The molecule has 1 aromatic carbocycles. The predicted molar refractivity (Wildman–Crippen MR) is 89.5 cm³/mol. The Labute approximate surface area is 137 Å². The Balaban J connectivity index is 1.78. The van der Waals surface area contributed by atoms with E-state index in [2.05, 4.69) is 5.32 Å². The maximum Gasteiger partial charge on any atom is 0.220 e. The highest BCUT2D eigenvalue weighted by Gasteiger charge is 2.27. The quantitative estimate of drug-likeness (QED) is 0.721. The number of benzene rings is 1. The van der Waals surface area contributed by atoms with Gasteiger partial charge in [0, 0.05) is 24.4 Å². The first-order chi connectivity index (χ1) is 11.1. The number of rotatable bonds is 8. The van der Waals surface area contributed by atoms with Crippen LogP contribution < -0.4 is 15.8 Å². The van der Waals surface area contributed by atoms with E-state index < -0.39 is 0 Å². The monoisotopic (exact) mass is 318 g/mol. The van der Waals surface area contributed by atoms with E-state index >= 15 is 0 Å². The van der Waals surface area contributed by atoms with Crippen LogP contribution >= 0.6 is 0 Å². The van der Waals surface area contributed by atoms with E-state index in [-0.39, 0.29) is 30.6 Å². The van der Waals surface area contributed by atoms with E-state index in [1.807, 2.05) is 6.92 Å². The zero-order valence-corrected chi connectivity index (χ0v) is 13.7. The van der Waals surface area contributed by atoms with Crippen molar-refractivity contribution in [2.75, 3.05) is 13.2 Å². The Kier molecular flexibility index (Phi) is 6.59. The molecule has 0 heterocycles. The number of hydrogen-bond acceptors (Lipinski definition) is 4. The summed E-state index contributed by atoms with van der Waals surface area (Å²) in [4.78, 5) is 24.1. The van der Waals surface area contributed by atoms with Crippen molar-refractivity contribution in [2.24, 2.45) is 11.7 Å². The van der Waals surface area contributed by atoms with Crippen LogP contribution in [0.25, 0.3) is 0 Å². The number of ether oxygens (including phenoxy) is 1. The summed E-state index contributed by atoms with van der Waals surface area (Å²) < 4.78 is 5.35. The van der Waals surface area contributed by atoms with Gasteiger partial charge in [-0.3, -0.25) is 9.59 Å². The molecule has 1 amide bonds. The van der Waals surface area contributed by atoms with Crippen LogP contribution in [-0.4, -0.2) is 30.9 Å². The van der Waals surface area contributed by atoms with E-state index in [0.717, 1.165) is 25.0 Å². The number of amides is 1. The third-order valence-electron chi connectivity index (χ3n) is 4.37. The summed E-state index contributed by atoms with van der Waals surface area (Å²) in [5, 5.41) is 3.02. The first-order valence-corrected chi connectivity index (χ1v) is 8.39. The largest absolute Gasteiger partial charge is 0.494 e. The molecule has 23 heavy (non-hydrogen) atoms. The van der Waals surface area contributed by atoms with Crippen LogP contribution in [0.3, 0.4) is 0 Å². The molecular formula is C18H26N2O3. The molecule has 0 spiro atoms. The maximum atomic E-state index is 12.1. The minimum atomic E-state index is -0.0605. The van der Waals surface area contributed by atoms with Crippen molar-refractivity contribution in [1.82, 2.24) is 5.32 Å². The number of hydrogen-bond donors (Lipinski definition) is 2. The molecule has 0 aromatic heterocycles. The van der Waals surface area contributed by atoms with Crippen molar-refractivity contribution in [2.45, 2.75) is 45.1 Å². The third-order valence-corrected chi connectivity index (χ3v) is 4.37. The molecule has 3 N–H and O–H groups in total. The van der Waals surface area contributed by atoms with Crippen LogP contribution in [0, 0.1) is 5.92 Å². The fourth-order valence-corrected chi connectivity index (χ4v) is 3.06. The van der Waals surface area contributed by atoms with E-state index in [0.29, 0.717) is 24.6 Å². The van der Waals surface area contributed by atoms with Crippen molar-refractivity contribution in [1.29, 1.82) is 0 Å². The van der Waals surface area contributed by atoms with Crippen LogP contribution in [0.1, 0.15) is 49.4 Å². The van der Waals surface area contributed by atoms with Gasteiger partial charge < -0.3 is 15.8 Å². The highest BCUT2D eigenvalue weighted by molar-refractivity contribution is 5.98. The van der Waals surface area contributed by atoms with Crippen molar-refractivity contribution in [3.05, 3.63) is 29.8 Å². The van der Waals surface area contributed by atoms with Crippen molar-refractivity contribution in [3.8, 4) is 5.75 Å². The average molecular weight is 318 g/mol. The molecular weight excluding hydrogens is 292 g/mol. The maximum absolute atomic E-state index is 12.1. The number of carbonyl (C=O) groups is 2. The summed E-state index contributed by atoms with van der Waals surface area (Å²) in [5.41, 5.74) is 6.33. The summed E-state index contributed by atoms with van der Waals surface area (Å²) >= 11 is 0. The summed E-state index contributed by atoms with van der Waals surface area (Å²) in [6.45, 7) is 3.12. The van der Waals surface area contributed by atoms with Gasteiger partial charge in [-0.05, 0) is 56.5 Å². The average Bonchev–Trinajstić information content (AvgIpc) is 3.00. The predicted octanol–water partition coefficient (Wildman–Crippen LogP) is 2.29. The molecule has 2 rings (SSSR count). The van der Waals surface area contributed by atoms with Crippen LogP contribution in [0.15, 0.2) is 24.3 Å². The lowest BCUT2D eigenvalue weighted by Gasteiger charge is -2.19. The Morgan fingerprint density at radius 3 is 2.61 bits per heavy atom. The Hall–Kier alpha value is -1.88. The van der Waals surface area contributed by atoms with E-state index in [4.69, 9.17) is 10.5 Å². The lowest BCUT2D eigenvalue weighted by Crippen LogP contribution is -2.39. The van der Waals surface area contributed by atoms with Gasteiger partial charge in [-0.15, -0.1) is 0 Å². The fourth-order valence-electron chi connectivity index (χ4n) is 3.06. The minimum absolute atomic E-state index is 0.0232. The minimum Gasteiger partial charge on any atom is -0.494 e. The molecule has 1 aliphatic carbocycles. The van der Waals surface area contributed by atoms with Gasteiger partial charge >= 0.3 is 0 Å². The normalized spacial score (nSPS) is 20.3. The van der Waals surface area contributed by atoms with Gasteiger partial charge in [-0.25, -0.2) is 0 Å². The fraction of sp³-hybridized carbons (Fsp3) is 0.556.